The van der Waals surface area contributed by atoms with Gasteiger partial charge in [0.15, 0.2) is 11.5 Å². The van der Waals surface area contributed by atoms with Gasteiger partial charge in [-0.05, 0) is 61.2 Å². The van der Waals surface area contributed by atoms with Crippen LogP contribution in [0.25, 0.3) is 11.2 Å². The lowest BCUT2D eigenvalue weighted by Gasteiger charge is -2.29. The van der Waals surface area contributed by atoms with E-state index in [1.165, 1.54) is 4.90 Å². The monoisotopic (exact) mass is 415 g/mol. The van der Waals surface area contributed by atoms with E-state index < -0.39 is 0 Å². The van der Waals surface area contributed by atoms with E-state index in [0.717, 1.165) is 30.6 Å². The van der Waals surface area contributed by atoms with Gasteiger partial charge in [-0.1, -0.05) is 19.1 Å². The number of aromatic nitrogens is 4. The molecule has 1 N–H and O–H groups in total. The molecule has 0 aliphatic heterocycles. The van der Waals surface area contributed by atoms with Crippen LogP contribution in [0, 0.1) is 0 Å². The lowest BCUT2D eigenvalue weighted by Crippen LogP contribution is -2.32. The largest absolute Gasteiger partial charge is 0.359 e. The smallest absolute Gasteiger partial charge is 0.295 e. The Kier molecular flexibility index (Phi) is 5.55. The van der Waals surface area contributed by atoms with Crippen molar-refractivity contribution in [1.29, 1.82) is 0 Å². The van der Waals surface area contributed by atoms with E-state index in [9.17, 15) is 4.79 Å². The van der Waals surface area contributed by atoms with Gasteiger partial charge < -0.3 is 5.32 Å². The predicted octanol–water partition coefficient (Wildman–Crippen LogP) is 4.85. The number of rotatable bonds is 6. The van der Waals surface area contributed by atoms with Crippen molar-refractivity contribution in [3.05, 3.63) is 51.7 Å². The van der Waals surface area contributed by atoms with Gasteiger partial charge in [0.05, 0.1) is 12.2 Å². The van der Waals surface area contributed by atoms with E-state index >= 15 is 0 Å². The van der Waals surface area contributed by atoms with Crippen molar-refractivity contribution >= 4 is 40.3 Å². The first kappa shape index (κ1) is 19.2. The van der Waals surface area contributed by atoms with Gasteiger partial charge in [-0.3, -0.25) is 9.36 Å². The Balaban J connectivity index is 1.69. The van der Waals surface area contributed by atoms with E-state index in [2.05, 4.69) is 51.5 Å². The number of hydrogen-bond donors (Lipinski definition) is 1. The first-order valence-electron chi connectivity index (χ1n) is 9.51. The molecule has 1 fully saturated rings. The number of nitrogens with one attached hydrogen (secondary N) is 1. The molecule has 146 valence electrons. The highest BCUT2D eigenvalue weighted by Crippen LogP contribution is 2.32. The second-order valence-electron chi connectivity index (χ2n) is 6.94. The number of anilines is 1. The maximum absolute atomic E-state index is 13.2. The third-order valence-electron chi connectivity index (χ3n) is 5.09. The highest BCUT2D eigenvalue weighted by Gasteiger charge is 2.25. The Morgan fingerprint density at radius 3 is 2.68 bits per heavy atom. The van der Waals surface area contributed by atoms with Crippen LogP contribution in [-0.4, -0.2) is 25.3 Å². The van der Waals surface area contributed by atoms with Crippen LogP contribution in [-0.2, 0) is 0 Å². The lowest BCUT2D eigenvalue weighted by molar-refractivity contribution is 0.313. The molecule has 4 rings (SSSR count). The summed E-state index contributed by atoms with van der Waals surface area (Å²) in [5.41, 5.74) is 2.02. The first-order valence-corrected chi connectivity index (χ1v) is 10.9. The highest BCUT2D eigenvalue weighted by molar-refractivity contribution is 7.99. The van der Waals surface area contributed by atoms with Crippen LogP contribution in [0.5, 0.6) is 0 Å². The molecule has 6 nitrogen and oxygen atoms in total. The third kappa shape index (κ3) is 3.73. The molecule has 1 aliphatic carbocycles. The van der Waals surface area contributed by atoms with Crippen molar-refractivity contribution in [3.8, 4) is 0 Å². The topological polar surface area (TPSA) is 72.7 Å². The van der Waals surface area contributed by atoms with E-state index in [0.29, 0.717) is 17.0 Å². The zero-order valence-corrected chi connectivity index (χ0v) is 17.4. The molecular formula is C20H22ClN5OS. The van der Waals surface area contributed by atoms with E-state index in [4.69, 9.17) is 11.6 Å². The van der Waals surface area contributed by atoms with Crippen LogP contribution in [0.2, 0.25) is 5.28 Å². The van der Waals surface area contributed by atoms with Gasteiger partial charge in [0.1, 0.15) is 5.52 Å². The SMILES string of the molecule is CCSc1ccc([C@@H](C)Nc2nc3cnc(Cl)nc3n(C3CCC3)c2=O)cc1. The maximum atomic E-state index is 13.2. The van der Waals surface area contributed by atoms with Crippen LogP contribution < -0.4 is 10.9 Å². The number of nitrogens with zero attached hydrogens (tertiary/aromatic N) is 4. The molecule has 3 aromatic rings. The van der Waals surface area contributed by atoms with Crippen LogP contribution in [0.15, 0.2) is 40.2 Å². The van der Waals surface area contributed by atoms with E-state index in [1.807, 2.05) is 18.7 Å². The number of benzene rings is 1. The summed E-state index contributed by atoms with van der Waals surface area (Å²) in [5, 5.41) is 3.41. The van der Waals surface area contributed by atoms with Crippen molar-refractivity contribution in [3.63, 3.8) is 0 Å². The molecular weight excluding hydrogens is 394 g/mol. The Morgan fingerprint density at radius 2 is 2.04 bits per heavy atom. The first-order chi connectivity index (χ1) is 13.6. The van der Waals surface area contributed by atoms with Gasteiger partial charge in [-0.15, -0.1) is 11.8 Å². The molecule has 8 heteroatoms. The summed E-state index contributed by atoms with van der Waals surface area (Å²) in [7, 11) is 0. The summed E-state index contributed by atoms with van der Waals surface area (Å²) in [6.07, 6.45) is 4.62. The summed E-state index contributed by atoms with van der Waals surface area (Å²) in [6.45, 7) is 4.16. The minimum atomic E-state index is -0.156. The second-order valence-corrected chi connectivity index (χ2v) is 8.61. The van der Waals surface area contributed by atoms with Gasteiger partial charge >= 0.3 is 0 Å². The molecule has 0 radical (unpaired) electrons. The van der Waals surface area contributed by atoms with Crippen molar-refractivity contribution in [2.75, 3.05) is 11.1 Å². The molecule has 0 bridgehead atoms. The average molecular weight is 416 g/mol. The molecule has 0 spiro atoms. The lowest BCUT2D eigenvalue weighted by atomic mass is 9.93. The second kappa shape index (κ2) is 8.09. The molecule has 2 heterocycles. The molecule has 1 saturated carbocycles. The van der Waals surface area contributed by atoms with Gasteiger partial charge in [-0.2, -0.15) is 4.98 Å². The molecule has 1 atom stereocenters. The Hall–Kier alpha value is -2.12. The number of thioether (sulfide) groups is 1. The fourth-order valence-corrected chi connectivity index (χ4v) is 4.16. The zero-order chi connectivity index (χ0) is 19.7. The molecule has 2 aromatic heterocycles. The Bertz CT molecular complexity index is 1050. The van der Waals surface area contributed by atoms with E-state index in [-0.39, 0.29) is 22.9 Å². The van der Waals surface area contributed by atoms with Crippen LogP contribution in [0.4, 0.5) is 5.82 Å². The van der Waals surface area contributed by atoms with Crippen molar-refractivity contribution in [2.24, 2.45) is 0 Å². The van der Waals surface area contributed by atoms with Gasteiger partial charge in [-0.25, -0.2) is 9.97 Å². The van der Waals surface area contributed by atoms with Crippen molar-refractivity contribution in [1.82, 2.24) is 19.5 Å². The van der Waals surface area contributed by atoms with Gasteiger partial charge in [0.25, 0.3) is 5.56 Å². The molecule has 1 aromatic carbocycles. The molecule has 28 heavy (non-hydrogen) atoms. The summed E-state index contributed by atoms with van der Waals surface area (Å²) >= 11 is 7.77. The molecule has 0 unspecified atom stereocenters. The number of halogens is 1. The highest BCUT2D eigenvalue weighted by atomic mass is 35.5. The van der Waals surface area contributed by atoms with E-state index in [1.54, 1.807) is 10.8 Å². The summed E-state index contributed by atoms with van der Waals surface area (Å²) in [6, 6.07) is 8.48. The van der Waals surface area contributed by atoms with Crippen molar-refractivity contribution < 1.29 is 0 Å². The molecule has 0 amide bonds. The summed E-state index contributed by atoms with van der Waals surface area (Å²) in [5.74, 6) is 1.37. The fourth-order valence-electron chi connectivity index (χ4n) is 3.37. The number of fused-ring (bicyclic) bond motifs is 1. The van der Waals surface area contributed by atoms with Crippen molar-refractivity contribution in [2.45, 2.75) is 50.1 Å². The van der Waals surface area contributed by atoms with Crippen LogP contribution >= 0.6 is 23.4 Å². The summed E-state index contributed by atoms with van der Waals surface area (Å²) < 4.78 is 1.73. The van der Waals surface area contributed by atoms with Gasteiger partial charge in [0, 0.05) is 10.9 Å². The molecule has 1 aliphatic rings. The maximum Gasteiger partial charge on any atom is 0.295 e. The normalized spacial score (nSPS) is 15.4. The predicted molar refractivity (Wildman–Crippen MR) is 114 cm³/mol. The van der Waals surface area contributed by atoms with Crippen LogP contribution in [0.3, 0.4) is 0 Å². The zero-order valence-electron chi connectivity index (χ0n) is 15.9. The van der Waals surface area contributed by atoms with Gasteiger partial charge in [0.2, 0.25) is 5.28 Å². The standard InChI is InChI=1S/C20H22ClN5OS/c1-3-28-15-9-7-13(8-10-15)12(2)23-17-19(27)26(14-5-4-6-14)18-16(24-17)11-22-20(21)25-18/h7-12,14H,3-6H2,1-2H3,(H,23,24)/t12-/m1/s1. The fraction of sp³-hybridized carbons (Fsp3) is 0.400. The minimum absolute atomic E-state index is 0.0543. The summed E-state index contributed by atoms with van der Waals surface area (Å²) in [4.78, 5) is 27.2. The van der Waals surface area contributed by atoms with Crippen LogP contribution in [0.1, 0.15) is 50.8 Å². The Labute approximate surface area is 172 Å². The Morgan fingerprint density at radius 1 is 1.29 bits per heavy atom. The number of hydrogen-bond acceptors (Lipinski definition) is 6. The molecule has 0 saturated heterocycles. The average Bonchev–Trinajstić information content (AvgIpc) is 2.65. The quantitative estimate of drug-likeness (QED) is 0.458. The minimum Gasteiger partial charge on any atom is -0.359 e. The third-order valence-corrected chi connectivity index (χ3v) is 6.16.